The van der Waals surface area contributed by atoms with Gasteiger partial charge in [0.05, 0.1) is 10.5 Å². The van der Waals surface area contributed by atoms with Crippen molar-refractivity contribution in [3.63, 3.8) is 0 Å². The first-order valence-corrected chi connectivity index (χ1v) is 11.0. The lowest BCUT2D eigenvalue weighted by molar-refractivity contribution is 0.0459. The Morgan fingerprint density at radius 1 is 1.03 bits per heavy atom. The summed E-state index contributed by atoms with van der Waals surface area (Å²) in [5.74, 6) is -0.0323. The Morgan fingerprint density at radius 2 is 1.67 bits per heavy atom. The Hall–Kier alpha value is -3.04. The first-order chi connectivity index (χ1) is 14.3. The zero-order valence-corrected chi connectivity index (χ0v) is 17.8. The van der Waals surface area contributed by atoms with Gasteiger partial charge in [-0.3, -0.25) is 0 Å². The number of sulfonamides is 1. The van der Waals surface area contributed by atoms with E-state index in [1.54, 1.807) is 13.8 Å². The fourth-order valence-corrected chi connectivity index (χ4v) is 4.27. The number of rotatable bonds is 8. The van der Waals surface area contributed by atoms with Crippen LogP contribution in [-0.4, -0.2) is 41.9 Å². The van der Waals surface area contributed by atoms with Crippen LogP contribution >= 0.6 is 0 Å². The van der Waals surface area contributed by atoms with Gasteiger partial charge in [0.25, 0.3) is 5.89 Å². The lowest BCUT2D eigenvalue weighted by Gasteiger charge is -2.18. The van der Waals surface area contributed by atoms with E-state index in [1.165, 1.54) is 28.6 Å². The van der Waals surface area contributed by atoms with Crippen molar-refractivity contribution in [2.75, 3.05) is 13.1 Å². The molecule has 8 nitrogen and oxygen atoms in total. The molecule has 3 rings (SSSR count). The standard InChI is InChI=1S/C21H23N3O5S/c1-4-24(5-2)30(26,27)18-12-10-17(11-13-18)21(25)28-14-19-22-20(29-23-19)16-8-6-15(3)7-9-16/h6-13H,4-5,14H2,1-3H3. The summed E-state index contributed by atoms with van der Waals surface area (Å²) >= 11 is 0. The summed E-state index contributed by atoms with van der Waals surface area (Å²) in [6.45, 7) is 6.11. The molecule has 3 aromatic rings. The molecule has 0 atom stereocenters. The van der Waals surface area contributed by atoms with Gasteiger partial charge in [-0.25, -0.2) is 13.2 Å². The van der Waals surface area contributed by atoms with E-state index < -0.39 is 16.0 Å². The van der Waals surface area contributed by atoms with Crippen LogP contribution in [0.2, 0.25) is 0 Å². The van der Waals surface area contributed by atoms with Gasteiger partial charge in [0.15, 0.2) is 6.61 Å². The van der Waals surface area contributed by atoms with Crippen molar-refractivity contribution in [2.24, 2.45) is 0 Å². The maximum atomic E-state index is 12.5. The summed E-state index contributed by atoms with van der Waals surface area (Å²) in [5, 5.41) is 3.82. The van der Waals surface area contributed by atoms with E-state index in [0.717, 1.165) is 11.1 Å². The van der Waals surface area contributed by atoms with Crippen molar-refractivity contribution in [1.82, 2.24) is 14.4 Å². The highest BCUT2D eigenvalue weighted by Crippen LogP contribution is 2.19. The van der Waals surface area contributed by atoms with Crippen LogP contribution in [0.3, 0.4) is 0 Å². The summed E-state index contributed by atoms with van der Waals surface area (Å²) < 4.78 is 36.8. The van der Waals surface area contributed by atoms with Crippen LogP contribution in [-0.2, 0) is 21.4 Å². The predicted octanol–water partition coefficient (Wildman–Crippen LogP) is 3.43. The largest absolute Gasteiger partial charge is 0.454 e. The topological polar surface area (TPSA) is 103 Å². The SMILES string of the molecule is CCN(CC)S(=O)(=O)c1ccc(C(=O)OCc2noc(-c3ccc(C)cc3)n2)cc1. The zero-order chi connectivity index (χ0) is 21.7. The molecule has 1 aromatic heterocycles. The normalized spacial score (nSPS) is 11.6. The molecule has 0 amide bonds. The second-order valence-corrected chi connectivity index (χ2v) is 8.51. The van der Waals surface area contributed by atoms with Crippen molar-refractivity contribution < 1.29 is 22.5 Å². The summed E-state index contributed by atoms with van der Waals surface area (Å²) in [7, 11) is -3.58. The monoisotopic (exact) mass is 429 g/mol. The molecule has 1 heterocycles. The molecule has 0 aliphatic carbocycles. The van der Waals surface area contributed by atoms with E-state index >= 15 is 0 Å². The molecule has 0 bridgehead atoms. The molecule has 0 aliphatic rings. The van der Waals surface area contributed by atoms with Gasteiger partial charge in [-0.15, -0.1) is 0 Å². The summed E-state index contributed by atoms with van der Waals surface area (Å²) in [6, 6.07) is 13.2. The Balaban J connectivity index is 1.64. The van der Waals surface area contributed by atoms with E-state index in [-0.39, 0.29) is 22.9 Å². The number of carbonyl (C=O) groups excluding carboxylic acids is 1. The highest BCUT2D eigenvalue weighted by molar-refractivity contribution is 7.89. The van der Waals surface area contributed by atoms with Crippen molar-refractivity contribution in [3.8, 4) is 11.5 Å². The number of hydrogen-bond donors (Lipinski definition) is 0. The van der Waals surface area contributed by atoms with Crippen LogP contribution in [0.15, 0.2) is 57.9 Å². The van der Waals surface area contributed by atoms with Gasteiger partial charge in [-0.05, 0) is 43.3 Å². The molecule has 0 fully saturated rings. The highest BCUT2D eigenvalue weighted by Gasteiger charge is 2.22. The number of carbonyl (C=O) groups is 1. The molecule has 2 aromatic carbocycles. The summed E-state index contributed by atoms with van der Waals surface area (Å²) in [4.78, 5) is 16.6. The average molecular weight is 429 g/mol. The average Bonchev–Trinajstić information content (AvgIpc) is 3.22. The van der Waals surface area contributed by atoms with E-state index in [4.69, 9.17) is 9.26 Å². The fourth-order valence-electron chi connectivity index (χ4n) is 2.81. The van der Waals surface area contributed by atoms with E-state index in [1.807, 2.05) is 31.2 Å². The van der Waals surface area contributed by atoms with Crippen LogP contribution in [0.4, 0.5) is 0 Å². The van der Waals surface area contributed by atoms with Crippen molar-refractivity contribution in [1.29, 1.82) is 0 Å². The molecule has 0 spiro atoms. The van der Waals surface area contributed by atoms with E-state index in [2.05, 4.69) is 10.1 Å². The molecule has 30 heavy (non-hydrogen) atoms. The van der Waals surface area contributed by atoms with Crippen LogP contribution in [0.25, 0.3) is 11.5 Å². The molecule has 0 saturated heterocycles. The van der Waals surface area contributed by atoms with Crippen LogP contribution < -0.4 is 0 Å². The fraction of sp³-hybridized carbons (Fsp3) is 0.286. The quantitative estimate of drug-likeness (QED) is 0.505. The second kappa shape index (κ2) is 9.19. The third-order valence-electron chi connectivity index (χ3n) is 4.53. The highest BCUT2D eigenvalue weighted by atomic mass is 32.2. The first-order valence-electron chi connectivity index (χ1n) is 9.52. The van der Waals surface area contributed by atoms with Gasteiger partial charge in [-0.1, -0.05) is 36.7 Å². The van der Waals surface area contributed by atoms with E-state index in [0.29, 0.717) is 19.0 Å². The summed E-state index contributed by atoms with van der Waals surface area (Å²) in [6.07, 6.45) is 0. The zero-order valence-electron chi connectivity index (χ0n) is 17.0. The maximum absolute atomic E-state index is 12.5. The second-order valence-electron chi connectivity index (χ2n) is 6.57. The Morgan fingerprint density at radius 3 is 2.27 bits per heavy atom. The third-order valence-corrected chi connectivity index (χ3v) is 6.60. The van der Waals surface area contributed by atoms with E-state index in [9.17, 15) is 13.2 Å². The number of hydrogen-bond acceptors (Lipinski definition) is 7. The van der Waals surface area contributed by atoms with Gasteiger partial charge in [0.2, 0.25) is 15.8 Å². The van der Waals surface area contributed by atoms with Crippen LogP contribution in [0.1, 0.15) is 35.6 Å². The smallest absolute Gasteiger partial charge is 0.338 e. The number of esters is 1. The minimum Gasteiger partial charge on any atom is -0.454 e. The maximum Gasteiger partial charge on any atom is 0.338 e. The molecule has 0 unspecified atom stereocenters. The van der Waals surface area contributed by atoms with Gasteiger partial charge < -0.3 is 9.26 Å². The molecular weight excluding hydrogens is 406 g/mol. The predicted molar refractivity (Wildman–Crippen MR) is 110 cm³/mol. The Bertz CT molecular complexity index is 1100. The first kappa shape index (κ1) is 21.7. The number of benzene rings is 2. The minimum absolute atomic E-state index is 0.128. The van der Waals surface area contributed by atoms with Gasteiger partial charge in [0, 0.05) is 18.7 Å². The number of nitrogens with zero attached hydrogens (tertiary/aromatic N) is 3. The third kappa shape index (κ3) is 4.74. The number of aryl methyl sites for hydroxylation is 1. The van der Waals surface area contributed by atoms with Gasteiger partial charge in [-0.2, -0.15) is 9.29 Å². The summed E-state index contributed by atoms with van der Waals surface area (Å²) in [5.41, 5.74) is 2.12. The van der Waals surface area contributed by atoms with Crippen molar-refractivity contribution >= 4 is 16.0 Å². The number of aromatic nitrogens is 2. The lowest BCUT2D eigenvalue weighted by Crippen LogP contribution is -2.30. The van der Waals surface area contributed by atoms with Gasteiger partial charge in [0.1, 0.15) is 0 Å². The Kier molecular flexibility index (Phi) is 6.63. The van der Waals surface area contributed by atoms with Crippen LogP contribution in [0, 0.1) is 6.92 Å². The molecule has 0 saturated carbocycles. The van der Waals surface area contributed by atoms with Crippen molar-refractivity contribution in [2.45, 2.75) is 32.3 Å². The number of ether oxygens (including phenoxy) is 1. The molecular formula is C21H23N3O5S. The van der Waals surface area contributed by atoms with Gasteiger partial charge >= 0.3 is 5.97 Å². The minimum atomic E-state index is -3.58. The molecule has 0 radical (unpaired) electrons. The molecule has 0 N–H and O–H groups in total. The Labute approximate surface area is 175 Å². The molecule has 158 valence electrons. The van der Waals surface area contributed by atoms with Crippen molar-refractivity contribution in [3.05, 3.63) is 65.5 Å². The van der Waals surface area contributed by atoms with Crippen LogP contribution in [0.5, 0.6) is 0 Å². The molecule has 9 heteroatoms. The molecule has 0 aliphatic heterocycles. The lowest BCUT2D eigenvalue weighted by atomic mass is 10.1.